The Morgan fingerprint density at radius 2 is 2.18 bits per heavy atom. The van der Waals surface area contributed by atoms with Crippen molar-refractivity contribution in [2.24, 2.45) is 0 Å². The van der Waals surface area contributed by atoms with Crippen molar-refractivity contribution < 1.29 is 19.0 Å². The molecule has 3 rings (SSSR count). The maximum absolute atomic E-state index is 14.1. The molecule has 1 aliphatic rings. The van der Waals surface area contributed by atoms with Crippen LogP contribution < -0.4 is 10.2 Å². The van der Waals surface area contributed by atoms with Crippen molar-refractivity contribution in [3.05, 3.63) is 39.9 Å². The highest BCUT2D eigenvalue weighted by Gasteiger charge is 2.27. The van der Waals surface area contributed by atoms with E-state index in [0.717, 1.165) is 25.3 Å². The van der Waals surface area contributed by atoms with E-state index in [0.29, 0.717) is 12.1 Å². The van der Waals surface area contributed by atoms with E-state index in [1.807, 2.05) is 6.92 Å². The molecule has 1 fully saturated rings. The number of fused-ring (bicyclic) bond motifs is 1. The molecule has 0 saturated heterocycles. The number of aromatic nitrogens is 1. The van der Waals surface area contributed by atoms with Gasteiger partial charge < -0.3 is 14.4 Å². The van der Waals surface area contributed by atoms with Gasteiger partial charge in [-0.1, -0.05) is 6.92 Å². The number of halogens is 1. The molecule has 5 nitrogen and oxygen atoms in total. The molecule has 0 radical (unpaired) electrons. The molecule has 0 atom stereocenters. The van der Waals surface area contributed by atoms with E-state index in [9.17, 15) is 14.0 Å². The predicted molar refractivity (Wildman–Crippen MR) is 79.2 cm³/mol. The zero-order valence-corrected chi connectivity index (χ0v) is 12.1. The molecule has 1 N–H and O–H groups in total. The zero-order valence-electron chi connectivity index (χ0n) is 12.1. The Hall–Kier alpha value is -2.37. The number of carboxylic acids is 1. The first kappa shape index (κ1) is 14.6. The Labute approximate surface area is 125 Å². The molecule has 6 heteroatoms. The first-order chi connectivity index (χ1) is 10.5. The topological polar surface area (TPSA) is 68.5 Å². The van der Waals surface area contributed by atoms with E-state index < -0.39 is 17.2 Å². The number of carbonyl (C=O) groups is 1. The summed E-state index contributed by atoms with van der Waals surface area (Å²) in [7, 11) is 0. The van der Waals surface area contributed by atoms with Crippen molar-refractivity contribution in [2.45, 2.75) is 32.2 Å². The molecule has 1 saturated carbocycles. The summed E-state index contributed by atoms with van der Waals surface area (Å²) in [6, 6.07) is 2.73. The van der Waals surface area contributed by atoms with E-state index in [4.69, 9.17) is 9.84 Å². The van der Waals surface area contributed by atoms with Gasteiger partial charge in [0.15, 0.2) is 11.6 Å². The smallest absolute Gasteiger partial charge is 0.341 e. The van der Waals surface area contributed by atoms with Crippen molar-refractivity contribution in [2.75, 3.05) is 6.61 Å². The molecule has 1 aliphatic carbocycles. The highest BCUT2D eigenvalue weighted by atomic mass is 19.1. The molecule has 1 aromatic carbocycles. The van der Waals surface area contributed by atoms with Gasteiger partial charge in [-0.05, 0) is 25.3 Å². The van der Waals surface area contributed by atoms with Gasteiger partial charge in [0.05, 0.1) is 12.1 Å². The third kappa shape index (κ3) is 2.45. The van der Waals surface area contributed by atoms with Gasteiger partial charge in [-0.25, -0.2) is 9.18 Å². The van der Waals surface area contributed by atoms with E-state index in [1.54, 1.807) is 4.57 Å². The number of rotatable bonds is 5. The van der Waals surface area contributed by atoms with Crippen LogP contribution in [0.4, 0.5) is 4.39 Å². The van der Waals surface area contributed by atoms with Gasteiger partial charge in [-0.2, -0.15) is 0 Å². The number of pyridine rings is 1. The van der Waals surface area contributed by atoms with Gasteiger partial charge in [-0.3, -0.25) is 4.79 Å². The van der Waals surface area contributed by atoms with Crippen LogP contribution in [0.2, 0.25) is 0 Å². The minimum Gasteiger partial charge on any atom is -0.490 e. The average Bonchev–Trinajstić information content (AvgIpc) is 3.30. The Kier molecular flexibility index (Phi) is 3.60. The SMILES string of the molecule is CCCOc1cc2c(cc1F)c(=O)c(C(=O)O)cn2C1CC1. The summed E-state index contributed by atoms with van der Waals surface area (Å²) >= 11 is 0. The maximum Gasteiger partial charge on any atom is 0.341 e. The lowest BCUT2D eigenvalue weighted by Gasteiger charge is -2.13. The van der Waals surface area contributed by atoms with Crippen molar-refractivity contribution >= 4 is 16.9 Å². The fourth-order valence-electron chi connectivity index (χ4n) is 2.48. The third-order valence-electron chi connectivity index (χ3n) is 3.72. The number of nitrogens with zero attached hydrogens (tertiary/aromatic N) is 1. The Bertz CT molecular complexity index is 808. The lowest BCUT2D eigenvalue weighted by Crippen LogP contribution is -2.19. The quantitative estimate of drug-likeness (QED) is 0.922. The first-order valence-electron chi connectivity index (χ1n) is 7.27. The monoisotopic (exact) mass is 305 g/mol. The largest absolute Gasteiger partial charge is 0.490 e. The second-order valence-electron chi connectivity index (χ2n) is 5.46. The molecule has 1 heterocycles. The summed E-state index contributed by atoms with van der Waals surface area (Å²) in [5, 5.41) is 9.24. The molecule has 0 bridgehead atoms. The Morgan fingerprint density at radius 1 is 1.45 bits per heavy atom. The van der Waals surface area contributed by atoms with Crippen LogP contribution in [0.1, 0.15) is 42.6 Å². The predicted octanol–water partition coefficient (Wildman–Crippen LogP) is 2.96. The van der Waals surface area contributed by atoms with Crippen molar-refractivity contribution in [1.29, 1.82) is 0 Å². The van der Waals surface area contributed by atoms with Crippen LogP contribution in [0.25, 0.3) is 10.9 Å². The normalized spacial score (nSPS) is 14.3. The fraction of sp³-hybridized carbons (Fsp3) is 0.375. The number of carboxylic acid groups (broad SMARTS) is 1. The standard InChI is InChI=1S/C16H16FNO4/c1-2-5-22-14-7-13-10(6-12(14)17)15(19)11(16(20)21)8-18(13)9-3-4-9/h6-9H,2-5H2,1H3,(H,20,21). The van der Waals surface area contributed by atoms with Gasteiger partial charge in [-0.15, -0.1) is 0 Å². The molecular weight excluding hydrogens is 289 g/mol. The summed E-state index contributed by atoms with van der Waals surface area (Å²) in [5.74, 6) is -1.86. The van der Waals surface area contributed by atoms with Crippen LogP contribution in [-0.2, 0) is 0 Å². The van der Waals surface area contributed by atoms with Crippen LogP contribution in [0, 0.1) is 5.82 Å². The van der Waals surface area contributed by atoms with Crippen LogP contribution in [-0.4, -0.2) is 22.2 Å². The van der Waals surface area contributed by atoms with E-state index in [1.165, 1.54) is 12.3 Å². The van der Waals surface area contributed by atoms with Crippen molar-refractivity contribution in [3.8, 4) is 5.75 Å². The first-order valence-corrected chi connectivity index (χ1v) is 7.27. The fourth-order valence-corrected chi connectivity index (χ4v) is 2.48. The minimum absolute atomic E-state index is 0.0770. The summed E-state index contributed by atoms with van der Waals surface area (Å²) < 4.78 is 21.2. The molecule has 2 aromatic rings. The van der Waals surface area contributed by atoms with Gasteiger partial charge >= 0.3 is 5.97 Å². The minimum atomic E-state index is -1.30. The number of ether oxygens (including phenoxy) is 1. The van der Waals surface area contributed by atoms with Crippen molar-refractivity contribution in [1.82, 2.24) is 4.57 Å². The highest BCUT2D eigenvalue weighted by Crippen LogP contribution is 2.38. The molecule has 0 spiro atoms. The van der Waals surface area contributed by atoms with E-state index in [-0.39, 0.29) is 22.7 Å². The average molecular weight is 305 g/mol. The van der Waals surface area contributed by atoms with Gasteiger partial charge in [0.1, 0.15) is 5.56 Å². The molecule has 0 aliphatic heterocycles. The van der Waals surface area contributed by atoms with Gasteiger partial charge in [0, 0.05) is 23.7 Å². The summed E-state index contributed by atoms with van der Waals surface area (Å²) in [5.41, 5.74) is -0.480. The molecule has 22 heavy (non-hydrogen) atoms. The Balaban J connectivity index is 2.27. The molecule has 0 unspecified atom stereocenters. The number of benzene rings is 1. The third-order valence-corrected chi connectivity index (χ3v) is 3.72. The van der Waals surface area contributed by atoms with E-state index in [2.05, 4.69) is 0 Å². The summed E-state index contributed by atoms with van der Waals surface area (Å²) in [6.45, 7) is 2.29. The van der Waals surface area contributed by atoms with Gasteiger partial charge in [0.25, 0.3) is 0 Å². The molecule has 116 valence electrons. The maximum atomic E-state index is 14.1. The lowest BCUT2D eigenvalue weighted by atomic mass is 10.1. The Morgan fingerprint density at radius 3 is 2.77 bits per heavy atom. The molecule has 0 amide bonds. The van der Waals surface area contributed by atoms with Crippen molar-refractivity contribution in [3.63, 3.8) is 0 Å². The van der Waals surface area contributed by atoms with Crippen LogP contribution in [0.15, 0.2) is 23.1 Å². The number of aromatic carboxylic acids is 1. The van der Waals surface area contributed by atoms with Crippen LogP contribution >= 0.6 is 0 Å². The van der Waals surface area contributed by atoms with Gasteiger partial charge in [0.2, 0.25) is 5.43 Å². The van der Waals surface area contributed by atoms with E-state index >= 15 is 0 Å². The highest BCUT2D eigenvalue weighted by molar-refractivity contribution is 5.93. The number of hydrogen-bond acceptors (Lipinski definition) is 3. The second-order valence-corrected chi connectivity index (χ2v) is 5.46. The van der Waals surface area contributed by atoms with Crippen LogP contribution in [0.5, 0.6) is 5.75 Å². The molecule has 1 aromatic heterocycles. The van der Waals surface area contributed by atoms with Crippen LogP contribution in [0.3, 0.4) is 0 Å². The second kappa shape index (κ2) is 5.44. The molecular formula is C16H16FNO4. The zero-order chi connectivity index (χ0) is 15.9. The lowest BCUT2D eigenvalue weighted by molar-refractivity contribution is 0.0695. The summed E-state index contributed by atoms with van der Waals surface area (Å²) in [6.07, 6.45) is 3.93. The number of hydrogen-bond donors (Lipinski definition) is 1. The summed E-state index contributed by atoms with van der Waals surface area (Å²) in [4.78, 5) is 23.5.